The van der Waals surface area contributed by atoms with Crippen LogP contribution >= 0.6 is 11.6 Å². The monoisotopic (exact) mass is 550 g/mol. The van der Waals surface area contributed by atoms with Gasteiger partial charge in [-0.2, -0.15) is 18.2 Å². The largest absolute Gasteiger partial charge is 0.467 e. The number of hydrogen-bond donors (Lipinski definition) is 1. The number of nitrogens with one attached hydrogen (secondary N) is 1. The summed E-state index contributed by atoms with van der Waals surface area (Å²) in [5, 5.41) is -0.488. The number of halogens is 5. The summed E-state index contributed by atoms with van der Waals surface area (Å²) in [6.07, 6.45) is 0.394. The second kappa shape index (κ2) is 11.5. The fourth-order valence-electron chi connectivity index (χ4n) is 3.33. The second-order valence-corrected chi connectivity index (χ2v) is 8.30. The van der Waals surface area contributed by atoms with E-state index in [0.29, 0.717) is 22.8 Å². The molecule has 4 rings (SSSR count). The van der Waals surface area contributed by atoms with Gasteiger partial charge in [-0.25, -0.2) is 14.4 Å². The molecule has 4 aromatic rings. The van der Waals surface area contributed by atoms with E-state index < -0.39 is 28.1 Å². The fraction of sp³-hybridized carbons (Fsp3) is 0.200. The molecule has 0 saturated heterocycles. The highest BCUT2D eigenvalue weighted by molar-refractivity contribution is 6.31. The number of aromatic nitrogens is 4. The van der Waals surface area contributed by atoms with E-state index in [2.05, 4.69) is 19.9 Å². The highest BCUT2D eigenvalue weighted by atomic mass is 35.5. The third-order valence-electron chi connectivity index (χ3n) is 5.20. The first kappa shape index (κ1) is 26.9. The van der Waals surface area contributed by atoms with Crippen LogP contribution in [0, 0.1) is 5.82 Å². The van der Waals surface area contributed by atoms with Gasteiger partial charge in [0.1, 0.15) is 5.75 Å². The molecule has 38 heavy (non-hydrogen) atoms. The number of H-pyrrole nitrogens is 1. The lowest BCUT2D eigenvalue weighted by Gasteiger charge is -2.12. The zero-order valence-electron chi connectivity index (χ0n) is 19.7. The standard InChI is InChI=1S/C25H19ClF4N4O4/c1-36-23-31-11-15(12-32-23)8-16-13-33-24(34-22(16)35)37-7-6-14-2-5-21(20(27)9-14)38-17-3-4-19(26)18(10-17)25(28,29)30/h2-5,9-13H,6-8H2,1H3,(H,33,34,35). The van der Waals surface area contributed by atoms with Gasteiger partial charge in [-0.3, -0.25) is 4.79 Å². The molecule has 2 heterocycles. The average molecular weight is 551 g/mol. The molecule has 0 fully saturated rings. The smallest absolute Gasteiger partial charge is 0.417 e. The molecule has 0 aliphatic rings. The van der Waals surface area contributed by atoms with Crippen molar-refractivity contribution in [1.29, 1.82) is 0 Å². The molecule has 0 aliphatic carbocycles. The van der Waals surface area contributed by atoms with Crippen LogP contribution in [-0.2, 0) is 19.0 Å². The predicted octanol–water partition coefficient (Wildman–Crippen LogP) is 5.38. The van der Waals surface area contributed by atoms with Gasteiger partial charge in [0.15, 0.2) is 11.6 Å². The molecule has 0 atom stereocenters. The van der Waals surface area contributed by atoms with Crippen LogP contribution in [0.4, 0.5) is 17.6 Å². The van der Waals surface area contributed by atoms with Gasteiger partial charge in [0, 0.05) is 37.0 Å². The Morgan fingerprint density at radius 1 is 1.05 bits per heavy atom. The van der Waals surface area contributed by atoms with Crippen LogP contribution in [0.1, 0.15) is 22.3 Å². The molecular formula is C25H19ClF4N4O4. The lowest BCUT2D eigenvalue weighted by Crippen LogP contribution is -2.16. The van der Waals surface area contributed by atoms with Gasteiger partial charge in [-0.15, -0.1) is 0 Å². The Kier molecular flexibility index (Phi) is 8.10. The van der Waals surface area contributed by atoms with E-state index in [1.165, 1.54) is 31.5 Å². The molecule has 2 aromatic heterocycles. The van der Waals surface area contributed by atoms with E-state index in [9.17, 15) is 22.4 Å². The highest BCUT2D eigenvalue weighted by Gasteiger charge is 2.33. The summed E-state index contributed by atoms with van der Waals surface area (Å²) < 4.78 is 69.3. The van der Waals surface area contributed by atoms with E-state index >= 15 is 0 Å². The molecule has 0 amide bonds. The van der Waals surface area contributed by atoms with E-state index in [-0.39, 0.29) is 43.0 Å². The minimum absolute atomic E-state index is 0.00614. The summed E-state index contributed by atoms with van der Waals surface area (Å²) in [5.41, 5.74) is 0.0311. The lowest BCUT2D eigenvalue weighted by molar-refractivity contribution is -0.137. The topological polar surface area (TPSA) is 99.2 Å². The minimum atomic E-state index is -4.68. The maximum absolute atomic E-state index is 14.5. The summed E-state index contributed by atoms with van der Waals surface area (Å²) >= 11 is 5.59. The zero-order valence-corrected chi connectivity index (χ0v) is 20.4. The fourth-order valence-corrected chi connectivity index (χ4v) is 3.55. The number of ether oxygens (including phenoxy) is 3. The molecule has 0 unspecified atom stereocenters. The molecule has 8 nitrogen and oxygen atoms in total. The van der Waals surface area contributed by atoms with Crippen molar-refractivity contribution in [2.75, 3.05) is 13.7 Å². The van der Waals surface area contributed by atoms with Gasteiger partial charge in [-0.05, 0) is 41.5 Å². The Morgan fingerprint density at radius 2 is 1.82 bits per heavy atom. The Labute approximate surface area is 218 Å². The SMILES string of the molecule is COc1ncc(Cc2c[nH]c(OCCc3ccc(Oc4ccc(Cl)c(C(F)(F)F)c4)c(F)c3)nc2=O)cn1. The minimum Gasteiger partial charge on any atom is -0.467 e. The van der Waals surface area contributed by atoms with Gasteiger partial charge >= 0.3 is 12.2 Å². The third-order valence-corrected chi connectivity index (χ3v) is 5.53. The first-order valence-electron chi connectivity index (χ1n) is 11.0. The van der Waals surface area contributed by atoms with Crippen molar-refractivity contribution in [3.63, 3.8) is 0 Å². The summed E-state index contributed by atoms with van der Waals surface area (Å²) in [6.45, 7) is 0.0698. The van der Waals surface area contributed by atoms with Crippen molar-refractivity contribution in [2.24, 2.45) is 0 Å². The van der Waals surface area contributed by atoms with Crippen molar-refractivity contribution in [3.05, 3.63) is 98.4 Å². The van der Waals surface area contributed by atoms with Gasteiger partial charge in [0.2, 0.25) is 0 Å². The first-order valence-corrected chi connectivity index (χ1v) is 11.4. The molecule has 0 radical (unpaired) electrons. The molecule has 2 aromatic carbocycles. The second-order valence-electron chi connectivity index (χ2n) is 7.90. The van der Waals surface area contributed by atoms with Gasteiger partial charge in [0.25, 0.3) is 11.6 Å². The van der Waals surface area contributed by atoms with Crippen LogP contribution in [0.3, 0.4) is 0 Å². The number of rotatable bonds is 9. The summed E-state index contributed by atoms with van der Waals surface area (Å²) in [5.74, 6) is -1.24. The molecular weight excluding hydrogens is 532 g/mol. The normalized spacial score (nSPS) is 11.3. The van der Waals surface area contributed by atoms with E-state index in [0.717, 1.165) is 6.07 Å². The van der Waals surface area contributed by atoms with Crippen molar-refractivity contribution < 1.29 is 31.8 Å². The summed E-state index contributed by atoms with van der Waals surface area (Å²) in [6, 6.07) is 7.16. The quantitative estimate of drug-likeness (QED) is 0.279. The van der Waals surface area contributed by atoms with Crippen LogP contribution in [-0.4, -0.2) is 33.7 Å². The van der Waals surface area contributed by atoms with E-state index in [1.807, 2.05) is 0 Å². The molecule has 13 heteroatoms. The number of alkyl halides is 3. The molecule has 198 valence electrons. The predicted molar refractivity (Wildman–Crippen MR) is 128 cm³/mol. The molecule has 0 bridgehead atoms. The Morgan fingerprint density at radius 3 is 2.47 bits per heavy atom. The first-order chi connectivity index (χ1) is 18.1. The van der Waals surface area contributed by atoms with Crippen molar-refractivity contribution >= 4 is 11.6 Å². The third kappa shape index (κ3) is 6.76. The zero-order chi connectivity index (χ0) is 27.3. The van der Waals surface area contributed by atoms with Crippen molar-refractivity contribution in [1.82, 2.24) is 19.9 Å². The number of benzene rings is 2. The summed E-state index contributed by atoms with van der Waals surface area (Å²) in [4.78, 5) is 26.9. The maximum Gasteiger partial charge on any atom is 0.417 e. The number of methoxy groups -OCH3 is 1. The summed E-state index contributed by atoms with van der Waals surface area (Å²) in [7, 11) is 1.45. The van der Waals surface area contributed by atoms with Crippen LogP contribution < -0.4 is 19.8 Å². The van der Waals surface area contributed by atoms with E-state index in [1.54, 1.807) is 18.5 Å². The van der Waals surface area contributed by atoms with E-state index in [4.69, 9.17) is 25.8 Å². The Balaban J connectivity index is 1.33. The maximum atomic E-state index is 14.5. The Hall–Kier alpha value is -4.19. The van der Waals surface area contributed by atoms with Gasteiger partial charge < -0.3 is 19.2 Å². The lowest BCUT2D eigenvalue weighted by atomic mass is 10.1. The van der Waals surface area contributed by atoms with Crippen molar-refractivity contribution in [3.8, 4) is 23.5 Å². The van der Waals surface area contributed by atoms with Crippen LogP contribution in [0.2, 0.25) is 5.02 Å². The number of hydrogen-bond acceptors (Lipinski definition) is 7. The van der Waals surface area contributed by atoms with Crippen molar-refractivity contribution in [2.45, 2.75) is 19.0 Å². The molecule has 0 spiro atoms. The van der Waals surface area contributed by atoms with Crippen LogP contribution in [0.25, 0.3) is 0 Å². The average Bonchev–Trinajstić information content (AvgIpc) is 2.88. The molecule has 1 N–H and O–H groups in total. The Bertz CT molecular complexity index is 1480. The van der Waals surface area contributed by atoms with Crippen LogP contribution in [0.15, 0.2) is 59.8 Å². The van der Waals surface area contributed by atoms with Crippen LogP contribution in [0.5, 0.6) is 23.5 Å². The van der Waals surface area contributed by atoms with Gasteiger partial charge in [0.05, 0.1) is 24.3 Å². The molecule has 0 aliphatic heterocycles. The molecule has 0 saturated carbocycles. The highest BCUT2D eigenvalue weighted by Crippen LogP contribution is 2.38. The number of aromatic amines is 1. The number of nitrogens with zero attached hydrogens (tertiary/aromatic N) is 3. The van der Waals surface area contributed by atoms with Gasteiger partial charge in [-0.1, -0.05) is 17.7 Å².